The summed E-state index contributed by atoms with van der Waals surface area (Å²) in [5.41, 5.74) is 0.641. The lowest BCUT2D eigenvalue weighted by Crippen LogP contribution is -1.91. The summed E-state index contributed by atoms with van der Waals surface area (Å²) in [6.45, 7) is 8.35. The maximum atomic E-state index is 3.77. The molecule has 0 radical (unpaired) electrons. The van der Waals surface area contributed by atoms with Crippen LogP contribution in [0.5, 0.6) is 0 Å². The number of hydrogen-bond donors (Lipinski definition) is 0. The molecule has 0 nitrogen and oxygen atoms in total. The molecule has 0 aliphatic heterocycles. The van der Waals surface area contributed by atoms with Crippen LogP contribution in [0.15, 0.2) is 12.7 Å². The van der Waals surface area contributed by atoms with E-state index in [4.69, 9.17) is 0 Å². The van der Waals surface area contributed by atoms with Crippen LogP contribution in [0.4, 0.5) is 0 Å². The third-order valence-corrected chi connectivity index (χ3v) is 2.51. The van der Waals surface area contributed by atoms with Gasteiger partial charge in [-0.25, -0.2) is 0 Å². The standard InChI is InChI=1S/C8H14/c1-4-7-6-8(7,3)5-2/h4,7H,1,5-6H2,2-3H3. The summed E-state index contributed by atoms with van der Waals surface area (Å²) < 4.78 is 0. The fourth-order valence-electron chi connectivity index (χ4n) is 1.22. The lowest BCUT2D eigenvalue weighted by Gasteiger charge is -2.01. The maximum Gasteiger partial charge on any atom is -0.0177 e. The number of rotatable bonds is 2. The molecule has 0 saturated heterocycles. The summed E-state index contributed by atoms with van der Waals surface area (Å²) >= 11 is 0. The van der Waals surface area contributed by atoms with Gasteiger partial charge < -0.3 is 0 Å². The predicted molar refractivity (Wildman–Crippen MR) is 36.7 cm³/mol. The summed E-state index contributed by atoms with van der Waals surface area (Å²) in [7, 11) is 0. The van der Waals surface area contributed by atoms with E-state index in [9.17, 15) is 0 Å². The van der Waals surface area contributed by atoms with Crippen LogP contribution < -0.4 is 0 Å². The van der Waals surface area contributed by atoms with Crippen LogP contribution in [0, 0.1) is 11.3 Å². The van der Waals surface area contributed by atoms with Crippen molar-refractivity contribution >= 4 is 0 Å². The monoisotopic (exact) mass is 110 g/mol. The van der Waals surface area contributed by atoms with Gasteiger partial charge in [0.15, 0.2) is 0 Å². The molecule has 0 aromatic heterocycles. The molecule has 46 valence electrons. The highest BCUT2D eigenvalue weighted by Crippen LogP contribution is 2.55. The molecule has 0 heteroatoms. The van der Waals surface area contributed by atoms with E-state index in [-0.39, 0.29) is 0 Å². The minimum atomic E-state index is 0.641. The van der Waals surface area contributed by atoms with E-state index in [1.807, 2.05) is 0 Å². The fraction of sp³-hybridized carbons (Fsp3) is 0.750. The first kappa shape index (κ1) is 5.87. The molecule has 0 amide bonds. The smallest absolute Gasteiger partial charge is 0.0177 e. The molecule has 0 bridgehead atoms. The fourth-order valence-corrected chi connectivity index (χ4v) is 1.22. The average molecular weight is 110 g/mol. The van der Waals surface area contributed by atoms with E-state index >= 15 is 0 Å². The highest BCUT2D eigenvalue weighted by Gasteiger charge is 2.45. The van der Waals surface area contributed by atoms with Gasteiger partial charge in [0, 0.05) is 0 Å². The van der Waals surface area contributed by atoms with E-state index < -0.39 is 0 Å². The van der Waals surface area contributed by atoms with Crippen LogP contribution in [-0.2, 0) is 0 Å². The molecule has 0 spiro atoms. The molecule has 0 N–H and O–H groups in total. The summed E-state index contributed by atoms with van der Waals surface area (Å²) in [6, 6.07) is 0. The molecular formula is C8H14. The number of hydrogen-bond acceptors (Lipinski definition) is 0. The van der Waals surface area contributed by atoms with Crippen molar-refractivity contribution in [2.75, 3.05) is 0 Å². The molecule has 1 saturated carbocycles. The van der Waals surface area contributed by atoms with Crippen LogP contribution in [0.25, 0.3) is 0 Å². The van der Waals surface area contributed by atoms with Crippen LogP contribution in [0.1, 0.15) is 26.7 Å². The van der Waals surface area contributed by atoms with Crippen LogP contribution in [-0.4, -0.2) is 0 Å². The Balaban J connectivity index is 2.42. The second kappa shape index (κ2) is 1.61. The molecule has 0 aromatic rings. The second-order valence-electron chi connectivity index (χ2n) is 3.05. The van der Waals surface area contributed by atoms with Crippen LogP contribution in [0.2, 0.25) is 0 Å². The van der Waals surface area contributed by atoms with E-state index in [0.717, 1.165) is 5.92 Å². The van der Waals surface area contributed by atoms with Gasteiger partial charge in [-0.15, -0.1) is 6.58 Å². The quantitative estimate of drug-likeness (QED) is 0.479. The SMILES string of the molecule is C=CC1CC1(C)CC. The Kier molecular flexibility index (Phi) is 1.18. The molecule has 0 aromatic carbocycles. The zero-order valence-corrected chi connectivity index (χ0v) is 5.78. The number of allylic oxidation sites excluding steroid dienone is 1. The van der Waals surface area contributed by atoms with E-state index in [2.05, 4.69) is 26.5 Å². The Labute approximate surface area is 51.6 Å². The Morgan fingerprint density at radius 2 is 2.50 bits per heavy atom. The first-order chi connectivity index (χ1) is 3.73. The van der Waals surface area contributed by atoms with Gasteiger partial charge in [0.1, 0.15) is 0 Å². The minimum absolute atomic E-state index is 0.641. The van der Waals surface area contributed by atoms with E-state index in [1.165, 1.54) is 12.8 Å². The Hall–Kier alpha value is -0.260. The minimum Gasteiger partial charge on any atom is -0.103 e. The topological polar surface area (TPSA) is 0 Å². The molecule has 8 heavy (non-hydrogen) atoms. The summed E-state index contributed by atoms with van der Waals surface area (Å²) in [5.74, 6) is 0.826. The van der Waals surface area contributed by atoms with Gasteiger partial charge >= 0.3 is 0 Å². The van der Waals surface area contributed by atoms with Gasteiger partial charge in [0.05, 0.1) is 0 Å². The normalized spacial score (nSPS) is 44.0. The van der Waals surface area contributed by atoms with Gasteiger partial charge in [0.2, 0.25) is 0 Å². The van der Waals surface area contributed by atoms with Crippen LogP contribution in [0.3, 0.4) is 0 Å². The summed E-state index contributed by atoms with van der Waals surface area (Å²) in [6.07, 6.45) is 4.76. The Bertz CT molecular complexity index is 105. The second-order valence-corrected chi connectivity index (χ2v) is 3.05. The molecule has 1 fully saturated rings. The van der Waals surface area contributed by atoms with Crippen molar-refractivity contribution in [3.8, 4) is 0 Å². The molecule has 1 rings (SSSR count). The van der Waals surface area contributed by atoms with Gasteiger partial charge in [-0.2, -0.15) is 0 Å². The predicted octanol–water partition coefficient (Wildman–Crippen LogP) is 2.61. The lowest BCUT2D eigenvalue weighted by molar-refractivity contribution is 0.519. The highest BCUT2D eigenvalue weighted by molar-refractivity contribution is 5.06. The van der Waals surface area contributed by atoms with Crippen molar-refractivity contribution in [3.05, 3.63) is 12.7 Å². The van der Waals surface area contributed by atoms with Crippen molar-refractivity contribution < 1.29 is 0 Å². The lowest BCUT2D eigenvalue weighted by atomic mass is 10.0. The van der Waals surface area contributed by atoms with Crippen molar-refractivity contribution in [3.63, 3.8) is 0 Å². The largest absolute Gasteiger partial charge is 0.103 e. The average Bonchev–Trinajstić information content (AvgIpc) is 2.44. The third kappa shape index (κ3) is 0.683. The van der Waals surface area contributed by atoms with E-state index in [0.29, 0.717) is 5.41 Å². The molecule has 0 heterocycles. The van der Waals surface area contributed by atoms with Gasteiger partial charge in [-0.05, 0) is 17.8 Å². The molecule has 1 aliphatic rings. The van der Waals surface area contributed by atoms with Gasteiger partial charge in [-0.3, -0.25) is 0 Å². The van der Waals surface area contributed by atoms with Crippen molar-refractivity contribution in [1.29, 1.82) is 0 Å². The Morgan fingerprint density at radius 3 is 2.62 bits per heavy atom. The van der Waals surface area contributed by atoms with E-state index in [1.54, 1.807) is 0 Å². The van der Waals surface area contributed by atoms with Crippen molar-refractivity contribution in [2.45, 2.75) is 26.7 Å². The molecule has 2 atom stereocenters. The van der Waals surface area contributed by atoms with Gasteiger partial charge in [0.25, 0.3) is 0 Å². The zero-order chi connectivity index (χ0) is 6.20. The van der Waals surface area contributed by atoms with Crippen LogP contribution >= 0.6 is 0 Å². The third-order valence-electron chi connectivity index (χ3n) is 2.51. The molecule has 1 aliphatic carbocycles. The summed E-state index contributed by atoms with van der Waals surface area (Å²) in [4.78, 5) is 0. The first-order valence-electron chi connectivity index (χ1n) is 3.35. The molecule has 2 unspecified atom stereocenters. The Morgan fingerprint density at radius 1 is 1.88 bits per heavy atom. The van der Waals surface area contributed by atoms with Crippen molar-refractivity contribution in [2.24, 2.45) is 11.3 Å². The molecular weight excluding hydrogens is 96.1 g/mol. The maximum absolute atomic E-state index is 3.77. The summed E-state index contributed by atoms with van der Waals surface area (Å²) in [5, 5.41) is 0. The zero-order valence-electron chi connectivity index (χ0n) is 5.78. The first-order valence-corrected chi connectivity index (χ1v) is 3.35. The highest BCUT2D eigenvalue weighted by atomic mass is 14.5. The van der Waals surface area contributed by atoms with Gasteiger partial charge in [-0.1, -0.05) is 26.3 Å². The van der Waals surface area contributed by atoms with Crippen molar-refractivity contribution in [1.82, 2.24) is 0 Å².